The second-order valence-corrected chi connectivity index (χ2v) is 7.65. The minimum atomic E-state index is -1.68. The highest BCUT2D eigenvalue weighted by atomic mass is 16.7. The molecule has 2 aliphatic rings. The molecule has 0 aliphatic carbocycles. The summed E-state index contributed by atoms with van der Waals surface area (Å²) in [4.78, 5) is 0. The summed E-state index contributed by atoms with van der Waals surface area (Å²) >= 11 is 0. The van der Waals surface area contributed by atoms with E-state index in [1.807, 2.05) is 0 Å². The van der Waals surface area contributed by atoms with Crippen molar-refractivity contribution >= 4 is 0 Å². The first-order chi connectivity index (χ1) is 15.2. The van der Waals surface area contributed by atoms with E-state index in [2.05, 4.69) is 0 Å². The molecule has 6 atom stereocenters. The Morgan fingerprint density at radius 3 is 2.34 bits per heavy atom. The van der Waals surface area contributed by atoms with Gasteiger partial charge in [-0.05, 0) is 18.2 Å². The highest BCUT2D eigenvalue weighted by molar-refractivity contribution is 5.53. The van der Waals surface area contributed by atoms with Crippen LogP contribution in [0.1, 0.15) is 17.2 Å². The number of aliphatic hydroxyl groups excluding tert-OH is 4. The molecule has 172 valence electrons. The van der Waals surface area contributed by atoms with Crippen molar-refractivity contribution in [1.82, 2.24) is 0 Å². The van der Waals surface area contributed by atoms with E-state index in [-0.39, 0.29) is 41.1 Å². The molecule has 32 heavy (non-hydrogen) atoms. The van der Waals surface area contributed by atoms with E-state index in [0.717, 1.165) is 6.07 Å². The number of phenols is 4. The predicted octanol–water partition coefficient (Wildman–Crippen LogP) is -0.466. The van der Waals surface area contributed by atoms with Crippen LogP contribution < -0.4 is 4.74 Å². The number of rotatable bonds is 4. The molecule has 0 radical (unpaired) electrons. The van der Waals surface area contributed by atoms with Gasteiger partial charge in [0.05, 0.1) is 12.2 Å². The fourth-order valence-corrected chi connectivity index (χ4v) is 3.73. The number of ether oxygens (including phenoxy) is 3. The van der Waals surface area contributed by atoms with E-state index in [4.69, 9.17) is 14.2 Å². The molecule has 8 N–H and O–H groups in total. The van der Waals surface area contributed by atoms with E-state index < -0.39 is 49.2 Å². The van der Waals surface area contributed by atoms with Crippen LogP contribution in [0.2, 0.25) is 0 Å². The monoisotopic (exact) mass is 451 g/mol. The van der Waals surface area contributed by atoms with Gasteiger partial charge in [0.25, 0.3) is 12.2 Å². The average molecular weight is 451 g/mol. The maximum absolute atomic E-state index is 10.3. The highest BCUT2D eigenvalue weighted by Crippen LogP contribution is 2.47. The van der Waals surface area contributed by atoms with Crippen LogP contribution in [0.3, 0.4) is 0 Å². The Kier molecular flexibility index (Phi) is 5.95. The molecule has 2 aromatic carbocycles. The molecule has 1 saturated heterocycles. The number of benzene rings is 2. The third kappa shape index (κ3) is 3.97. The molecule has 0 saturated carbocycles. The van der Waals surface area contributed by atoms with Gasteiger partial charge in [0.2, 0.25) is 6.29 Å². The van der Waals surface area contributed by atoms with Crippen molar-refractivity contribution in [2.45, 2.75) is 43.2 Å². The summed E-state index contributed by atoms with van der Waals surface area (Å²) in [5, 5.41) is 79.3. The molecule has 1 unspecified atom stereocenters. The zero-order chi connectivity index (χ0) is 23.2. The van der Waals surface area contributed by atoms with Crippen molar-refractivity contribution in [1.29, 1.82) is 0 Å². The molecular weight excluding hydrogens is 428 g/mol. The molecule has 11 heteroatoms. The lowest BCUT2D eigenvalue weighted by molar-refractivity contribution is -0.302. The smallest absolute Gasteiger partial charge is 0.297 e. The first kappa shape index (κ1) is 22.3. The van der Waals surface area contributed by atoms with E-state index in [1.54, 1.807) is 0 Å². The third-order valence-electron chi connectivity index (χ3n) is 5.48. The standard InChI is InChI=1S/C21H22O11/c22-7-16-17(27)18(28)19(29)21(32-16)31-15-6-10-12(25)4-9(23)5-14(10)30-20(15)8-1-2-11(24)13(26)3-8/h1-5,16-22,27-29H,6-7H2,(H3-,23,24,25,26)/p+1/t16-,17-,18+,19-,20?,21+/m1/s1. The molecular formula is C21H23O11+. The minimum absolute atomic E-state index is 0.0667. The summed E-state index contributed by atoms with van der Waals surface area (Å²) < 4.78 is 17.1. The molecule has 0 aromatic heterocycles. The first-order valence-corrected chi connectivity index (χ1v) is 9.76. The van der Waals surface area contributed by atoms with Crippen molar-refractivity contribution in [2.24, 2.45) is 0 Å². The van der Waals surface area contributed by atoms with Crippen molar-refractivity contribution in [3.63, 3.8) is 0 Å². The number of aromatic hydroxyl groups is 4. The molecule has 0 amide bonds. The van der Waals surface area contributed by atoms with Gasteiger partial charge in [0.1, 0.15) is 41.7 Å². The van der Waals surface area contributed by atoms with Gasteiger partial charge in [-0.2, -0.15) is 4.74 Å². The lowest BCUT2D eigenvalue weighted by atomic mass is 9.93. The van der Waals surface area contributed by atoms with Crippen LogP contribution in [0.25, 0.3) is 0 Å². The van der Waals surface area contributed by atoms with Crippen molar-refractivity contribution < 1.29 is 55.1 Å². The normalized spacial score (nSPS) is 29.9. The SMILES string of the molecule is OC[C@H]1O[C@H](O[C+]2Cc3c(O)cc(O)cc3OC2c2ccc(O)c(O)c2)[C@H](O)[C@@H](O)[C@@H]1O. The lowest BCUT2D eigenvalue weighted by Gasteiger charge is -2.38. The maximum Gasteiger partial charge on any atom is 0.297 e. The van der Waals surface area contributed by atoms with Crippen molar-refractivity contribution in [3.8, 4) is 28.7 Å². The summed E-state index contributed by atoms with van der Waals surface area (Å²) in [5.41, 5.74) is 0.593. The quantitative estimate of drug-likeness (QED) is 0.222. The number of phenolic OH excluding ortho intramolecular Hbond substituents is 4. The average Bonchev–Trinajstić information content (AvgIpc) is 2.76. The van der Waals surface area contributed by atoms with Crippen LogP contribution >= 0.6 is 0 Å². The zero-order valence-electron chi connectivity index (χ0n) is 16.6. The summed E-state index contributed by atoms with van der Waals surface area (Å²) in [6.45, 7) is -0.644. The van der Waals surface area contributed by atoms with E-state index in [0.29, 0.717) is 5.56 Å². The topological polar surface area (TPSA) is 190 Å². The minimum Gasteiger partial charge on any atom is -0.508 e. The van der Waals surface area contributed by atoms with Gasteiger partial charge in [0.15, 0.2) is 17.9 Å². The summed E-state index contributed by atoms with van der Waals surface area (Å²) in [6, 6.07) is 6.30. The fourth-order valence-electron chi connectivity index (χ4n) is 3.73. The zero-order valence-corrected chi connectivity index (χ0v) is 16.6. The van der Waals surface area contributed by atoms with Crippen molar-refractivity contribution in [2.75, 3.05) is 6.61 Å². The Morgan fingerprint density at radius 1 is 0.906 bits per heavy atom. The Hall–Kier alpha value is -2.93. The Bertz CT molecular complexity index is 978. The summed E-state index contributed by atoms with van der Waals surface area (Å²) in [7, 11) is 0. The molecule has 4 rings (SSSR count). The van der Waals surface area contributed by atoms with Crippen LogP contribution in [0.4, 0.5) is 0 Å². The second-order valence-electron chi connectivity index (χ2n) is 7.65. The molecule has 2 aliphatic heterocycles. The van der Waals surface area contributed by atoms with E-state index in [9.17, 15) is 40.9 Å². The lowest BCUT2D eigenvalue weighted by Crippen LogP contribution is -2.59. The Labute approximate surface area is 181 Å². The highest BCUT2D eigenvalue weighted by Gasteiger charge is 2.52. The number of hydrogen-bond donors (Lipinski definition) is 8. The maximum atomic E-state index is 10.3. The molecule has 2 heterocycles. The van der Waals surface area contributed by atoms with Crippen LogP contribution in [-0.4, -0.2) is 78.2 Å². The number of fused-ring (bicyclic) bond motifs is 1. The first-order valence-electron chi connectivity index (χ1n) is 9.76. The van der Waals surface area contributed by atoms with Gasteiger partial charge < -0.3 is 50.3 Å². The Balaban J connectivity index is 1.68. The summed E-state index contributed by atoms with van der Waals surface area (Å²) in [6.07, 6.45) is -8.62. The second kappa shape index (κ2) is 8.54. The molecule has 0 bridgehead atoms. The largest absolute Gasteiger partial charge is 0.508 e. The van der Waals surface area contributed by atoms with Gasteiger partial charge in [0, 0.05) is 17.7 Å². The molecule has 1 fully saturated rings. The van der Waals surface area contributed by atoms with Crippen LogP contribution in [-0.2, 0) is 15.9 Å². The number of aliphatic hydroxyl groups is 4. The predicted molar refractivity (Wildman–Crippen MR) is 105 cm³/mol. The molecule has 2 aromatic rings. The van der Waals surface area contributed by atoms with E-state index >= 15 is 0 Å². The van der Waals surface area contributed by atoms with Gasteiger partial charge in [-0.1, -0.05) is 0 Å². The summed E-state index contributed by atoms with van der Waals surface area (Å²) in [5.74, 6) is -1.17. The third-order valence-corrected chi connectivity index (χ3v) is 5.48. The fraction of sp³-hybridized carbons (Fsp3) is 0.381. The van der Waals surface area contributed by atoms with Gasteiger partial charge in [-0.15, -0.1) is 0 Å². The van der Waals surface area contributed by atoms with Crippen LogP contribution in [0, 0.1) is 6.10 Å². The Morgan fingerprint density at radius 2 is 1.66 bits per heavy atom. The number of hydrogen-bond acceptors (Lipinski definition) is 11. The van der Waals surface area contributed by atoms with Crippen LogP contribution in [0.5, 0.6) is 28.7 Å². The molecule has 11 nitrogen and oxygen atoms in total. The molecule has 0 spiro atoms. The van der Waals surface area contributed by atoms with Gasteiger partial charge in [-0.3, -0.25) is 0 Å². The van der Waals surface area contributed by atoms with Gasteiger partial charge >= 0.3 is 0 Å². The van der Waals surface area contributed by atoms with Crippen molar-refractivity contribution in [3.05, 3.63) is 47.6 Å². The van der Waals surface area contributed by atoms with Crippen LogP contribution in [0.15, 0.2) is 30.3 Å². The van der Waals surface area contributed by atoms with E-state index in [1.165, 1.54) is 24.3 Å². The van der Waals surface area contributed by atoms with Gasteiger partial charge in [-0.25, -0.2) is 0 Å².